The molecule has 0 spiro atoms. The van der Waals surface area contributed by atoms with Gasteiger partial charge in [0.25, 0.3) is 0 Å². The molecule has 2 aliphatic heterocycles. The van der Waals surface area contributed by atoms with Crippen LogP contribution in [0.1, 0.15) is 37.4 Å². The van der Waals surface area contributed by atoms with Gasteiger partial charge >= 0.3 is 20.2 Å². The average molecular weight is 559 g/mol. The minimum atomic E-state index is -1.04. The summed E-state index contributed by atoms with van der Waals surface area (Å²) < 4.78 is 35.1. The number of anilines is 1. The van der Waals surface area contributed by atoms with Crippen molar-refractivity contribution in [1.29, 1.82) is 0 Å². The van der Waals surface area contributed by atoms with Crippen LogP contribution in [0.3, 0.4) is 0 Å². The topological polar surface area (TPSA) is 139 Å². The van der Waals surface area contributed by atoms with E-state index in [2.05, 4.69) is 0 Å². The molecule has 12 heteroatoms. The average Bonchev–Trinajstić information content (AvgIpc) is 3.51. The van der Waals surface area contributed by atoms with Gasteiger partial charge in [0.2, 0.25) is 0 Å². The highest BCUT2D eigenvalue weighted by Crippen LogP contribution is 2.14. The third-order valence-electron chi connectivity index (χ3n) is 6.33. The molecule has 0 bridgehead atoms. The standard InChI is InChI=1S/C15H12BFO3.C7H8BNO2.C7H5FO2/c17-13-5-3-11(4-6-13)15(18)8-10-1-2-12-9-20-16(19)14(12)7-10;9-6-2-1-5-4-11-8(10)7(5)3-6;8-6-3-1-5(2-4-6)7(9)10/h1-7,19H,8-9H2;1-3,10H,4,9H2;1-4H,(H,9,10). The summed E-state index contributed by atoms with van der Waals surface area (Å²) >= 11 is 0. The highest BCUT2D eigenvalue weighted by Gasteiger charge is 2.28. The Hall–Kier alpha value is -4.35. The number of fused-ring (bicyclic) bond motifs is 2. The van der Waals surface area contributed by atoms with E-state index in [1.165, 1.54) is 36.4 Å². The van der Waals surface area contributed by atoms with E-state index in [4.69, 9.17) is 20.1 Å². The van der Waals surface area contributed by atoms with E-state index in [1.54, 1.807) is 18.2 Å². The van der Waals surface area contributed by atoms with E-state index >= 15 is 0 Å². The Bertz CT molecular complexity index is 1540. The molecule has 0 unspecified atom stereocenters. The maximum absolute atomic E-state index is 12.8. The first-order valence-corrected chi connectivity index (χ1v) is 12.5. The maximum atomic E-state index is 12.8. The molecule has 0 atom stereocenters. The van der Waals surface area contributed by atoms with E-state index in [-0.39, 0.29) is 23.6 Å². The lowest BCUT2D eigenvalue weighted by molar-refractivity contribution is 0.0696. The summed E-state index contributed by atoms with van der Waals surface area (Å²) in [4.78, 5) is 22.3. The largest absolute Gasteiger partial charge is 0.491 e. The number of ketones is 1. The third-order valence-corrected chi connectivity index (χ3v) is 6.33. The SMILES string of the molecule is Nc1ccc2c(c1)B(O)OC2.O=C(Cc1ccc2c(c1)B(O)OC2)c1ccc(F)cc1.O=C(O)c1ccc(F)cc1. The van der Waals surface area contributed by atoms with Gasteiger partial charge in [-0.3, -0.25) is 4.79 Å². The summed E-state index contributed by atoms with van der Waals surface area (Å²) in [5.41, 5.74) is 11.0. The van der Waals surface area contributed by atoms with Crippen LogP contribution in [-0.4, -0.2) is 41.1 Å². The van der Waals surface area contributed by atoms with Crippen molar-refractivity contribution in [3.8, 4) is 0 Å². The fourth-order valence-corrected chi connectivity index (χ4v) is 4.12. The normalized spacial score (nSPS) is 12.9. The second-order valence-corrected chi connectivity index (χ2v) is 9.24. The van der Waals surface area contributed by atoms with Gasteiger partial charge in [-0.2, -0.15) is 0 Å². The Kier molecular flexibility index (Phi) is 9.64. The summed E-state index contributed by atoms with van der Waals surface area (Å²) in [5.74, 6) is -1.91. The second kappa shape index (κ2) is 13.3. The molecule has 0 saturated carbocycles. The summed E-state index contributed by atoms with van der Waals surface area (Å²) in [6, 6.07) is 21.1. The zero-order valence-corrected chi connectivity index (χ0v) is 21.7. The summed E-state index contributed by atoms with van der Waals surface area (Å²) in [6.07, 6.45) is 0.214. The zero-order valence-electron chi connectivity index (χ0n) is 21.7. The molecule has 5 N–H and O–H groups in total. The van der Waals surface area contributed by atoms with Crippen molar-refractivity contribution in [2.24, 2.45) is 0 Å². The van der Waals surface area contributed by atoms with Crippen LogP contribution in [-0.2, 0) is 28.9 Å². The molecule has 0 amide bonds. The number of carbonyl (C=O) groups excluding carboxylic acids is 1. The molecule has 0 aromatic heterocycles. The predicted molar refractivity (Wildman–Crippen MR) is 150 cm³/mol. The van der Waals surface area contributed by atoms with E-state index in [0.717, 1.165) is 39.7 Å². The van der Waals surface area contributed by atoms with Crippen LogP contribution >= 0.6 is 0 Å². The van der Waals surface area contributed by atoms with E-state index in [0.29, 0.717) is 24.5 Å². The van der Waals surface area contributed by atoms with E-state index in [1.807, 2.05) is 18.2 Å². The van der Waals surface area contributed by atoms with Crippen LogP contribution in [0.5, 0.6) is 0 Å². The fourth-order valence-electron chi connectivity index (χ4n) is 4.12. The number of aromatic carboxylic acids is 1. The number of carboxylic acids is 1. The number of nitrogen functional groups attached to an aromatic ring is 1. The number of carbonyl (C=O) groups is 2. The minimum absolute atomic E-state index is 0.0849. The van der Waals surface area contributed by atoms with Gasteiger partial charge in [0, 0.05) is 17.7 Å². The Balaban J connectivity index is 0.000000156. The first-order valence-electron chi connectivity index (χ1n) is 12.5. The van der Waals surface area contributed by atoms with Gasteiger partial charge in [-0.1, -0.05) is 24.3 Å². The molecule has 4 aromatic carbocycles. The number of rotatable bonds is 4. The predicted octanol–water partition coefficient (Wildman–Crippen LogP) is 2.48. The maximum Gasteiger partial charge on any atom is 0.491 e. The van der Waals surface area contributed by atoms with Crippen molar-refractivity contribution >= 4 is 42.6 Å². The summed E-state index contributed by atoms with van der Waals surface area (Å²) in [5, 5.41) is 27.2. The molecule has 41 heavy (non-hydrogen) atoms. The van der Waals surface area contributed by atoms with Crippen LogP contribution in [0.25, 0.3) is 0 Å². The molecule has 4 aromatic rings. The smallest absolute Gasteiger partial charge is 0.478 e. The van der Waals surface area contributed by atoms with Crippen molar-refractivity contribution in [1.82, 2.24) is 0 Å². The highest BCUT2D eigenvalue weighted by atomic mass is 19.1. The minimum Gasteiger partial charge on any atom is -0.478 e. The van der Waals surface area contributed by atoms with Crippen molar-refractivity contribution in [3.63, 3.8) is 0 Å². The van der Waals surface area contributed by atoms with Gasteiger partial charge in [0.05, 0.1) is 18.8 Å². The van der Waals surface area contributed by atoms with Gasteiger partial charge in [-0.05, 0) is 88.3 Å². The van der Waals surface area contributed by atoms with Crippen LogP contribution in [0, 0.1) is 11.6 Å². The number of nitrogens with two attached hydrogens (primary N) is 1. The lowest BCUT2D eigenvalue weighted by atomic mass is 9.78. The van der Waals surface area contributed by atoms with Crippen LogP contribution in [0.15, 0.2) is 84.9 Å². The van der Waals surface area contributed by atoms with Crippen molar-refractivity contribution in [2.75, 3.05) is 5.73 Å². The summed E-state index contributed by atoms with van der Waals surface area (Å²) in [7, 11) is -1.70. The van der Waals surface area contributed by atoms with Gasteiger partial charge in [0.15, 0.2) is 5.78 Å². The van der Waals surface area contributed by atoms with Crippen LogP contribution < -0.4 is 16.7 Å². The quantitative estimate of drug-likeness (QED) is 0.170. The number of hydrogen-bond donors (Lipinski definition) is 4. The number of Topliss-reactive ketones (excluding diaryl/α,β-unsaturated/α-hetero) is 1. The van der Waals surface area contributed by atoms with Crippen LogP contribution in [0.4, 0.5) is 14.5 Å². The van der Waals surface area contributed by atoms with Gasteiger partial charge < -0.3 is 30.2 Å². The van der Waals surface area contributed by atoms with Crippen molar-refractivity contribution in [3.05, 3.63) is 124 Å². The van der Waals surface area contributed by atoms with Crippen molar-refractivity contribution in [2.45, 2.75) is 19.6 Å². The number of benzene rings is 4. The Labute approximate surface area is 235 Å². The molecule has 208 valence electrons. The van der Waals surface area contributed by atoms with E-state index < -0.39 is 26.0 Å². The Morgan fingerprint density at radius 3 is 1.76 bits per heavy atom. The molecule has 8 nitrogen and oxygen atoms in total. The number of halogens is 2. The molecule has 6 rings (SSSR count). The van der Waals surface area contributed by atoms with E-state index in [9.17, 15) is 28.4 Å². The highest BCUT2D eigenvalue weighted by molar-refractivity contribution is 6.62. The molecule has 0 aliphatic carbocycles. The fraction of sp³-hybridized carbons (Fsp3) is 0.103. The zero-order chi connectivity index (χ0) is 29.5. The first kappa shape index (κ1) is 29.6. The lowest BCUT2D eigenvalue weighted by Crippen LogP contribution is -2.28. The Morgan fingerprint density at radius 2 is 1.22 bits per heavy atom. The molecule has 0 radical (unpaired) electrons. The first-order chi connectivity index (χ1) is 19.6. The molecule has 2 aliphatic rings. The molecule has 0 fully saturated rings. The van der Waals surface area contributed by atoms with Crippen molar-refractivity contribution < 1.29 is 42.8 Å². The molecule has 2 heterocycles. The molecular weight excluding hydrogens is 534 g/mol. The monoisotopic (exact) mass is 559 g/mol. The van der Waals surface area contributed by atoms with Gasteiger partial charge in [-0.15, -0.1) is 0 Å². The van der Waals surface area contributed by atoms with Gasteiger partial charge in [-0.25, -0.2) is 13.6 Å². The Morgan fingerprint density at radius 1 is 0.732 bits per heavy atom. The molecular formula is C29H25B2F2NO7. The summed E-state index contributed by atoms with van der Waals surface area (Å²) in [6.45, 7) is 0.874. The third kappa shape index (κ3) is 7.86. The van der Waals surface area contributed by atoms with Gasteiger partial charge in [0.1, 0.15) is 11.6 Å². The number of hydrogen-bond acceptors (Lipinski definition) is 7. The molecule has 0 saturated heterocycles. The number of carboxylic acid groups (broad SMARTS) is 1. The van der Waals surface area contributed by atoms with Crippen LogP contribution in [0.2, 0.25) is 0 Å². The lowest BCUT2D eigenvalue weighted by Gasteiger charge is -2.04. The second-order valence-electron chi connectivity index (χ2n) is 9.24.